The third kappa shape index (κ3) is 3.21. The van der Waals surface area contributed by atoms with Gasteiger partial charge in [0.25, 0.3) is 9.05 Å². The van der Waals surface area contributed by atoms with Crippen LogP contribution < -0.4 is 0 Å². The molecule has 0 amide bonds. The summed E-state index contributed by atoms with van der Waals surface area (Å²) in [5.74, 6) is 0. The van der Waals surface area contributed by atoms with Gasteiger partial charge in [0.1, 0.15) is 0 Å². The number of benzene rings is 1. The van der Waals surface area contributed by atoms with E-state index in [2.05, 4.69) is 0 Å². The van der Waals surface area contributed by atoms with Crippen LogP contribution in [0.3, 0.4) is 0 Å². The second-order valence-corrected chi connectivity index (χ2v) is 6.84. The summed E-state index contributed by atoms with van der Waals surface area (Å²) in [5, 5.41) is -0.530. The van der Waals surface area contributed by atoms with E-state index in [1.807, 2.05) is 0 Å². The SMILES string of the molecule is Cc1cc(C)c(S(=O)(=O)Cl)c(C)c1CC(=O)Cl. The molecule has 0 atom stereocenters. The molecule has 0 saturated carbocycles. The first kappa shape index (κ1) is 14.5. The minimum Gasteiger partial charge on any atom is -0.281 e. The van der Waals surface area contributed by atoms with Crippen LogP contribution in [0.25, 0.3) is 0 Å². The molecule has 0 bridgehead atoms. The van der Waals surface area contributed by atoms with Crippen LogP contribution in [0.2, 0.25) is 0 Å². The van der Waals surface area contributed by atoms with E-state index in [-0.39, 0.29) is 11.3 Å². The molecule has 0 saturated heterocycles. The van der Waals surface area contributed by atoms with E-state index in [4.69, 9.17) is 22.3 Å². The number of hydrogen-bond donors (Lipinski definition) is 0. The highest BCUT2D eigenvalue weighted by Crippen LogP contribution is 2.29. The molecule has 0 aliphatic carbocycles. The van der Waals surface area contributed by atoms with Gasteiger partial charge in [0, 0.05) is 17.1 Å². The van der Waals surface area contributed by atoms with Gasteiger partial charge in [-0.25, -0.2) is 8.42 Å². The summed E-state index contributed by atoms with van der Waals surface area (Å²) in [7, 11) is 1.56. The van der Waals surface area contributed by atoms with Gasteiger partial charge in [0.05, 0.1) is 4.90 Å². The van der Waals surface area contributed by atoms with Gasteiger partial charge in [-0.2, -0.15) is 0 Å². The molecule has 0 spiro atoms. The summed E-state index contributed by atoms with van der Waals surface area (Å²) in [5.41, 5.74) is 2.51. The van der Waals surface area contributed by atoms with Crippen molar-refractivity contribution in [1.82, 2.24) is 0 Å². The Balaban J connectivity index is 3.60. The van der Waals surface area contributed by atoms with Crippen molar-refractivity contribution in [2.45, 2.75) is 32.1 Å². The number of hydrogen-bond acceptors (Lipinski definition) is 3. The van der Waals surface area contributed by atoms with Crippen molar-refractivity contribution in [2.24, 2.45) is 0 Å². The fourth-order valence-electron chi connectivity index (χ4n) is 1.99. The lowest BCUT2D eigenvalue weighted by Gasteiger charge is -2.14. The van der Waals surface area contributed by atoms with E-state index in [0.29, 0.717) is 16.7 Å². The van der Waals surface area contributed by atoms with E-state index in [1.54, 1.807) is 26.8 Å². The van der Waals surface area contributed by atoms with E-state index in [9.17, 15) is 13.2 Å². The smallest absolute Gasteiger partial charge is 0.261 e. The Morgan fingerprint density at radius 3 is 2.18 bits per heavy atom. The molecule has 0 aliphatic rings. The first-order valence-electron chi connectivity index (χ1n) is 4.87. The summed E-state index contributed by atoms with van der Waals surface area (Å²) >= 11 is 5.34. The molecule has 1 aromatic rings. The topological polar surface area (TPSA) is 51.2 Å². The molecule has 94 valence electrons. The van der Waals surface area contributed by atoms with E-state index in [1.165, 1.54) is 0 Å². The lowest BCUT2D eigenvalue weighted by molar-refractivity contribution is -0.111. The van der Waals surface area contributed by atoms with Gasteiger partial charge in [-0.3, -0.25) is 4.79 Å². The zero-order chi connectivity index (χ0) is 13.4. The molecule has 0 fully saturated rings. The Hall–Kier alpha value is -0.580. The predicted molar refractivity (Wildman–Crippen MR) is 68.3 cm³/mol. The zero-order valence-electron chi connectivity index (χ0n) is 9.67. The van der Waals surface area contributed by atoms with Gasteiger partial charge >= 0.3 is 0 Å². The molecular weight excluding hydrogens is 283 g/mol. The normalized spacial score (nSPS) is 11.6. The van der Waals surface area contributed by atoms with Crippen molar-refractivity contribution in [3.8, 4) is 0 Å². The molecule has 0 heterocycles. The molecule has 0 aliphatic heterocycles. The Labute approximate surface area is 110 Å². The number of halogens is 2. The average molecular weight is 295 g/mol. The molecule has 0 radical (unpaired) electrons. The maximum absolute atomic E-state index is 11.5. The Morgan fingerprint density at radius 1 is 1.24 bits per heavy atom. The molecule has 0 unspecified atom stereocenters. The predicted octanol–water partition coefficient (Wildman–Crippen LogP) is 2.85. The molecule has 0 aromatic heterocycles. The summed E-state index contributed by atoms with van der Waals surface area (Å²) < 4.78 is 22.9. The summed E-state index contributed by atoms with van der Waals surface area (Å²) in [4.78, 5) is 11.0. The Morgan fingerprint density at radius 2 is 1.76 bits per heavy atom. The average Bonchev–Trinajstić information content (AvgIpc) is 2.08. The van der Waals surface area contributed by atoms with Gasteiger partial charge in [-0.15, -0.1) is 0 Å². The molecule has 6 heteroatoms. The van der Waals surface area contributed by atoms with Crippen LogP contribution in [0.4, 0.5) is 0 Å². The standard InChI is InChI=1S/C11H12Cl2O3S/c1-6-4-7(2)11(17(13,15)16)8(3)9(6)5-10(12)14/h4H,5H2,1-3H3. The van der Waals surface area contributed by atoms with Crippen LogP contribution in [0.5, 0.6) is 0 Å². The molecule has 1 rings (SSSR count). The number of rotatable bonds is 3. The Bertz CT molecular complexity index is 577. The number of carbonyl (C=O) groups excluding carboxylic acids is 1. The number of aryl methyl sites for hydroxylation is 2. The molecular formula is C11H12Cl2O3S. The van der Waals surface area contributed by atoms with Crippen molar-refractivity contribution in [1.29, 1.82) is 0 Å². The van der Waals surface area contributed by atoms with Gasteiger partial charge < -0.3 is 0 Å². The van der Waals surface area contributed by atoms with Crippen LogP contribution in [0.15, 0.2) is 11.0 Å². The first-order chi connectivity index (χ1) is 7.64. The molecule has 3 nitrogen and oxygen atoms in total. The fraction of sp³-hybridized carbons (Fsp3) is 0.364. The molecule has 0 N–H and O–H groups in total. The minimum atomic E-state index is -3.82. The van der Waals surface area contributed by atoms with Crippen LogP contribution in [-0.2, 0) is 20.3 Å². The fourth-order valence-corrected chi connectivity index (χ4v) is 3.77. The van der Waals surface area contributed by atoms with E-state index in [0.717, 1.165) is 5.56 Å². The largest absolute Gasteiger partial charge is 0.281 e. The monoisotopic (exact) mass is 294 g/mol. The summed E-state index contributed by atoms with van der Waals surface area (Å²) in [6.45, 7) is 5.10. The second-order valence-electron chi connectivity index (χ2n) is 3.91. The van der Waals surface area contributed by atoms with E-state index >= 15 is 0 Å². The molecule has 17 heavy (non-hydrogen) atoms. The third-order valence-electron chi connectivity index (χ3n) is 2.62. The van der Waals surface area contributed by atoms with Crippen LogP contribution >= 0.6 is 22.3 Å². The quantitative estimate of drug-likeness (QED) is 0.806. The summed E-state index contributed by atoms with van der Waals surface area (Å²) in [6, 6.07) is 1.69. The van der Waals surface area contributed by atoms with Gasteiger partial charge in [-0.05, 0) is 54.6 Å². The summed E-state index contributed by atoms with van der Waals surface area (Å²) in [6.07, 6.45) is -0.00108. The highest BCUT2D eigenvalue weighted by molar-refractivity contribution is 8.13. The highest BCUT2D eigenvalue weighted by atomic mass is 35.7. The zero-order valence-corrected chi connectivity index (χ0v) is 12.0. The van der Waals surface area contributed by atoms with Crippen molar-refractivity contribution in [2.75, 3.05) is 0 Å². The van der Waals surface area contributed by atoms with Gasteiger partial charge in [0.15, 0.2) is 0 Å². The van der Waals surface area contributed by atoms with E-state index < -0.39 is 14.3 Å². The minimum absolute atomic E-state index is 0.00108. The van der Waals surface area contributed by atoms with Gasteiger partial charge in [0.2, 0.25) is 5.24 Å². The second kappa shape index (κ2) is 4.96. The van der Waals surface area contributed by atoms with Crippen LogP contribution in [-0.4, -0.2) is 13.7 Å². The number of carbonyl (C=O) groups is 1. The first-order valence-corrected chi connectivity index (χ1v) is 7.56. The maximum Gasteiger partial charge on any atom is 0.261 e. The van der Waals surface area contributed by atoms with Crippen molar-refractivity contribution < 1.29 is 13.2 Å². The lowest BCUT2D eigenvalue weighted by Crippen LogP contribution is -2.07. The lowest BCUT2D eigenvalue weighted by atomic mass is 9.97. The molecule has 1 aromatic carbocycles. The van der Waals surface area contributed by atoms with Gasteiger partial charge in [-0.1, -0.05) is 6.07 Å². The van der Waals surface area contributed by atoms with Crippen molar-refractivity contribution in [3.63, 3.8) is 0 Å². The van der Waals surface area contributed by atoms with Crippen molar-refractivity contribution >= 4 is 36.6 Å². The van der Waals surface area contributed by atoms with Crippen LogP contribution in [0, 0.1) is 20.8 Å². The van der Waals surface area contributed by atoms with Crippen molar-refractivity contribution in [3.05, 3.63) is 28.3 Å². The maximum atomic E-state index is 11.5. The Kier molecular flexibility index (Phi) is 4.23. The highest BCUT2D eigenvalue weighted by Gasteiger charge is 2.21. The van der Waals surface area contributed by atoms with Crippen LogP contribution in [0.1, 0.15) is 22.3 Å². The third-order valence-corrected chi connectivity index (χ3v) is 4.33.